The molecule has 0 radical (unpaired) electrons. The second-order valence-electron chi connectivity index (χ2n) is 4.22. The van der Waals surface area contributed by atoms with Gasteiger partial charge in [-0.15, -0.1) is 11.3 Å². The van der Waals surface area contributed by atoms with Gasteiger partial charge in [0.05, 0.1) is 35.3 Å². The third kappa shape index (κ3) is 2.74. The SMILES string of the molecule is OCCn1cc(NCc2cnc3ccsc3c2)cn1. The molecule has 0 spiro atoms. The average Bonchev–Trinajstić information content (AvgIpc) is 3.04. The molecule has 0 fully saturated rings. The Kier molecular flexibility index (Phi) is 3.43. The summed E-state index contributed by atoms with van der Waals surface area (Å²) in [6.07, 6.45) is 5.53. The molecule has 0 unspecified atom stereocenters. The molecule has 98 valence electrons. The van der Waals surface area contributed by atoms with Crippen molar-refractivity contribution >= 4 is 27.2 Å². The minimum atomic E-state index is 0.0973. The van der Waals surface area contributed by atoms with Crippen molar-refractivity contribution in [1.29, 1.82) is 0 Å². The third-order valence-corrected chi connectivity index (χ3v) is 3.67. The van der Waals surface area contributed by atoms with Crippen LogP contribution >= 0.6 is 11.3 Å². The largest absolute Gasteiger partial charge is 0.394 e. The number of aliphatic hydroxyl groups is 1. The van der Waals surface area contributed by atoms with Crippen LogP contribution in [0, 0.1) is 0 Å². The number of thiophene rings is 1. The van der Waals surface area contributed by atoms with E-state index in [1.54, 1.807) is 22.2 Å². The first-order valence-electron chi connectivity index (χ1n) is 6.04. The van der Waals surface area contributed by atoms with E-state index in [4.69, 9.17) is 5.11 Å². The Morgan fingerprint density at radius 1 is 1.37 bits per heavy atom. The summed E-state index contributed by atoms with van der Waals surface area (Å²) >= 11 is 1.70. The number of nitrogens with one attached hydrogen (secondary N) is 1. The van der Waals surface area contributed by atoms with Crippen LogP contribution in [0.4, 0.5) is 5.69 Å². The highest BCUT2D eigenvalue weighted by molar-refractivity contribution is 7.17. The number of hydrogen-bond acceptors (Lipinski definition) is 5. The van der Waals surface area contributed by atoms with Crippen molar-refractivity contribution in [1.82, 2.24) is 14.8 Å². The smallest absolute Gasteiger partial charge is 0.0809 e. The Morgan fingerprint density at radius 3 is 3.21 bits per heavy atom. The standard InChI is InChI=1S/C13H14N4OS/c18-3-2-17-9-11(8-16-17)14-6-10-5-13-12(15-7-10)1-4-19-13/h1,4-5,7-9,14,18H,2-3,6H2. The lowest BCUT2D eigenvalue weighted by Gasteiger charge is -2.03. The van der Waals surface area contributed by atoms with E-state index in [0.29, 0.717) is 13.1 Å². The minimum absolute atomic E-state index is 0.0973. The van der Waals surface area contributed by atoms with Gasteiger partial charge in [-0.3, -0.25) is 9.67 Å². The van der Waals surface area contributed by atoms with Crippen molar-refractivity contribution in [2.75, 3.05) is 11.9 Å². The maximum atomic E-state index is 8.83. The van der Waals surface area contributed by atoms with Crippen molar-refractivity contribution in [3.05, 3.63) is 41.7 Å². The molecule has 0 aliphatic rings. The molecule has 0 aromatic carbocycles. The first-order valence-corrected chi connectivity index (χ1v) is 6.92. The Hall–Kier alpha value is -1.92. The highest BCUT2D eigenvalue weighted by atomic mass is 32.1. The van der Waals surface area contributed by atoms with Gasteiger partial charge < -0.3 is 10.4 Å². The quantitative estimate of drug-likeness (QED) is 0.748. The summed E-state index contributed by atoms with van der Waals surface area (Å²) in [5, 5.41) is 18.3. The molecule has 3 rings (SSSR count). The topological polar surface area (TPSA) is 63.0 Å². The van der Waals surface area contributed by atoms with Gasteiger partial charge in [0.1, 0.15) is 0 Å². The number of aromatic nitrogens is 3. The summed E-state index contributed by atoms with van der Waals surface area (Å²) < 4.78 is 2.92. The van der Waals surface area contributed by atoms with Crippen LogP contribution in [0.1, 0.15) is 5.56 Å². The maximum absolute atomic E-state index is 8.83. The fraction of sp³-hybridized carbons (Fsp3) is 0.231. The van der Waals surface area contributed by atoms with Gasteiger partial charge in [0, 0.05) is 18.9 Å². The van der Waals surface area contributed by atoms with Crippen LogP contribution in [0.5, 0.6) is 0 Å². The van der Waals surface area contributed by atoms with Gasteiger partial charge in [-0.2, -0.15) is 5.10 Å². The van der Waals surface area contributed by atoms with E-state index in [9.17, 15) is 0 Å². The minimum Gasteiger partial charge on any atom is -0.394 e. The Morgan fingerprint density at radius 2 is 2.32 bits per heavy atom. The highest BCUT2D eigenvalue weighted by Gasteiger charge is 2.01. The van der Waals surface area contributed by atoms with Crippen LogP contribution in [-0.2, 0) is 13.1 Å². The first kappa shape index (κ1) is 12.1. The molecular weight excluding hydrogens is 260 g/mol. The van der Waals surface area contributed by atoms with E-state index in [1.807, 2.05) is 23.8 Å². The van der Waals surface area contributed by atoms with Gasteiger partial charge in [-0.05, 0) is 23.1 Å². The number of pyridine rings is 1. The fourth-order valence-corrected chi connectivity index (χ4v) is 2.67. The summed E-state index contributed by atoms with van der Waals surface area (Å²) in [6, 6.07) is 4.17. The summed E-state index contributed by atoms with van der Waals surface area (Å²) in [7, 11) is 0. The number of aliphatic hydroxyl groups excluding tert-OH is 1. The van der Waals surface area contributed by atoms with Gasteiger partial charge in [0.15, 0.2) is 0 Å². The van der Waals surface area contributed by atoms with Gasteiger partial charge in [-0.1, -0.05) is 0 Å². The molecule has 3 aromatic heterocycles. The molecular formula is C13H14N4OS. The number of rotatable bonds is 5. The van der Waals surface area contributed by atoms with Crippen LogP contribution in [0.2, 0.25) is 0 Å². The average molecular weight is 274 g/mol. The van der Waals surface area contributed by atoms with Crippen molar-refractivity contribution in [3.63, 3.8) is 0 Å². The summed E-state index contributed by atoms with van der Waals surface area (Å²) in [5.74, 6) is 0. The van der Waals surface area contributed by atoms with E-state index >= 15 is 0 Å². The molecule has 0 saturated carbocycles. The Labute approximate surface area is 114 Å². The predicted octanol–water partition coefficient (Wildman–Crippen LogP) is 2.10. The van der Waals surface area contributed by atoms with Crippen LogP contribution < -0.4 is 5.32 Å². The molecule has 5 nitrogen and oxygen atoms in total. The lowest BCUT2D eigenvalue weighted by atomic mass is 10.2. The second-order valence-corrected chi connectivity index (χ2v) is 5.16. The van der Waals surface area contributed by atoms with Crippen LogP contribution in [0.25, 0.3) is 10.2 Å². The van der Waals surface area contributed by atoms with Crippen LogP contribution in [0.3, 0.4) is 0 Å². The zero-order chi connectivity index (χ0) is 13.1. The molecule has 19 heavy (non-hydrogen) atoms. The normalized spacial score (nSPS) is 11.0. The zero-order valence-corrected chi connectivity index (χ0v) is 11.1. The van der Waals surface area contributed by atoms with Crippen LogP contribution in [-0.4, -0.2) is 26.5 Å². The van der Waals surface area contributed by atoms with E-state index in [2.05, 4.69) is 21.5 Å². The molecule has 0 atom stereocenters. The summed E-state index contributed by atoms with van der Waals surface area (Å²) in [6.45, 7) is 1.33. The van der Waals surface area contributed by atoms with E-state index in [-0.39, 0.29) is 6.61 Å². The molecule has 0 aliphatic heterocycles. The van der Waals surface area contributed by atoms with Gasteiger partial charge >= 0.3 is 0 Å². The summed E-state index contributed by atoms with van der Waals surface area (Å²) in [5.41, 5.74) is 3.13. The Balaban J connectivity index is 1.67. The van der Waals surface area contributed by atoms with E-state index in [0.717, 1.165) is 16.8 Å². The number of fused-ring (bicyclic) bond motifs is 1. The lowest BCUT2D eigenvalue weighted by Crippen LogP contribution is -2.02. The van der Waals surface area contributed by atoms with E-state index in [1.165, 1.54) is 4.70 Å². The van der Waals surface area contributed by atoms with Crippen molar-refractivity contribution in [2.45, 2.75) is 13.1 Å². The van der Waals surface area contributed by atoms with Gasteiger partial charge in [-0.25, -0.2) is 0 Å². The van der Waals surface area contributed by atoms with Crippen molar-refractivity contribution < 1.29 is 5.11 Å². The second kappa shape index (κ2) is 5.38. The third-order valence-electron chi connectivity index (χ3n) is 2.82. The monoisotopic (exact) mass is 274 g/mol. The maximum Gasteiger partial charge on any atom is 0.0809 e. The van der Waals surface area contributed by atoms with Gasteiger partial charge in [0.25, 0.3) is 0 Å². The number of anilines is 1. The van der Waals surface area contributed by atoms with Gasteiger partial charge in [0.2, 0.25) is 0 Å². The zero-order valence-electron chi connectivity index (χ0n) is 10.3. The molecule has 6 heteroatoms. The molecule has 0 bridgehead atoms. The van der Waals surface area contributed by atoms with Crippen LogP contribution in [0.15, 0.2) is 36.1 Å². The first-order chi connectivity index (χ1) is 9.35. The lowest BCUT2D eigenvalue weighted by molar-refractivity contribution is 0.269. The predicted molar refractivity (Wildman–Crippen MR) is 76.3 cm³/mol. The molecule has 0 amide bonds. The molecule has 0 saturated heterocycles. The molecule has 3 aromatic rings. The van der Waals surface area contributed by atoms with E-state index < -0.39 is 0 Å². The van der Waals surface area contributed by atoms with Crippen molar-refractivity contribution in [3.8, 4) is 0 Å². The Bertz CT molecular complexity index is 676. The number of hydrogen-bond donors (Lipinski definition) is 2. The molecule has 2 N–H and O–H groups in total. The molecule has 0 aliphatic carbocycles. The number of nitrogens with zero attached hydrogens (tertiary/aromatic N) is 3. The fourth-order valence-electron chi connectivity index (χ4n) is 1.87. The van der Waals surface area contributed by atoms with Crippen molar-refractivity contribution in [2.24, 2.45) is 0 Å². The molecule has 3 heterocycles. The summed E-state index contributed by atoms with van der Waals surface area (Å²) in [4.78, 5) is 4.40. The highest BCUT2D eigenvalue weighted by Crippen LogP contribution is 2.20.